The summed E-state index contributed by atoms with van der Waals surface area (Å²) in [5.41, 5.74) is 3.88. The van der Waals surface area contributed by atoms with Crippen LogP contribution in [0.4, 0.5) is 8.78 Å². The van der Waals surface area contributed by atoms with Gasteiger partial charge in [0.05, 0.1) is 10.0 Å². The summed E-state index contributed by atoms with van der Waals surface area (Å²) < 4.78 is 27.1. The lowest BCUT2D eigenvalue weighted by atomic mass is 9.84. The van der Waals surface area contributed by atoms with Crippen molar-refractivity contribution >= 4 is 21.7 Å². The monoisotopic (exact) mass is 291 g/mol. The Morgan fingerprint density at radius 2 is 2.00 bits per heavy atom. The van der Waals surface area contributed by atoms with Crippen LogP contribution in [0.2, 0.25) is 0 Å². The minimum absolute atomic E-state index is 0.0250. The maximum absolute atomic E-state index is 13.6. The molecule has 0 atom stereocenters. The van der Waals surface area contributed by atoms with Gasteiger partial charge in [-0.05, 0) is 28.1 Å². The van der Waals surface area contributed by atoms with Crippen molar-refractivity contribution in [3.63, 3.8) is 0 Å². The van der Waals surface area contributed by atoms with Crippen molar-refractivity contribution in [2.45, 2.75) is 13.8 Å². The predicted molar refractivity (Wildman–Crippen MR) is 61.2 cm³/mol. The van der Waals surface area contributed by atoms with Crippen LogP contribution in [0.25, 0.3) is 0 Å². The minimum Gasteiger partial charge on any atom is -0.329 e. The normalized spacial score (nSPS) is 11.6. The first-order valence-corrected chi connectivity index (χ1v) is 5.49. The van der Waals surface area contributed by atoms with E-state index in [2.05, 4.69) is 15.9 Å². The molecule has 0 radical (unpaired) electrons. The zero-order valence-corrected chi connectivity index (χ0v) is 10.6. The van der Waals surface area contributed by atoms with Gasteiger partial charge in [-0.25, -0.2) is 8.78 Å². The minimum atomic E-state index is -0.984. The number of halogens is 3. The molecule has 88 valence electrons. The second kappa shape index (κ2) is 4.59. The lowest BCUT2D eigenvalue weighted by Gasteiger charge is -2.21. The number of hydrogen-bond donors (Lipinski definition) is 1. The molecule has 0 amide bonds. The standard InChI is InChI=1S/C11H12BrF2NO/c1-11(2,5-15)10(16)8-7(13)4-3-6(12)9(8)14/h3-4H,5,15H2,1-2H3. The van der Waals surface area contributed by atoms with Crippen molar-refractivity contribution in [2.75, 3.05) is 6.54 Å². The Labute approximate surface area is 101 Å². The molecule has 0 aromatic heterocycles. The van der Waals surface area contributed by atoms with E-state index in [-0.39, 0.29) is 11.0 Å². The van der Waals surface area contributed by atoms with Gasteiger partial charge in [-0.3, -0.25) is 4.79 Å². The van der Waals surface area contributed by atoms with E-state index in [1.54, 1.807) is 13.8 Å². The first-order valence-electron chi connectivity index (χ1n) is 4.69. The van der Waals surface area contributed by atoms with E-state index in [9.17, 15) is 13.6 Å². The molecular weight excluding hydrogens is 280 g/mol. The average molecular weight is 292 g/mol. The van der Waals surface area contributed by atoms with Crippen molar-refractivity contribution < 1.29 is 13.6 Å². The van der Waals surface area contributed by atoms with Gasteiger partial charge in [-0.2, -0.15) is 0 Å². The van der Waals surface area contributed by atoms with Crippen molar-refractivity contribution in [1.82, 2.24) is 0 Å². The van der Waals surface area contributed by atoms with Gasteiger partial charge < -0.3 is 5.73 Å². The summed E-state index contributed by atoms with van der Waals surface area (Å²) in [7, 11) is 0. The zero-order valence-electron chi connectivity index (χ0n) is 8.98. The Morgan fingerprint density at radius 1 is 1.44 bits per heavy atom. The molecule has 0 bridgehead atoms. The third kappa shape index (κ3) is 2.30. The molecule has 1 rings (SSSR count). The molecule has 0 fully saturated rings. The molecule has 0 saturated carbocycles. The Bertz CT molecular complexity index is 432. The van der Waals surface area contributed by atoms with Crippen molar-refractivity contribution in [2.24, 2.45) is 11.1 Å². The lowest BCUT2D eigenvalue weighted by molar-refractivity contribution is 0.0838. The highest BCUT2D eigenvalue weighted by atomic mass is 79.9. The highest BCUT2D eigenvalue weighted by Crippen LogP contribution is 2.28. The summed E-state index contributed by atoms with van der Waals surface area (Å²) >= 11 is 2.91. The highest BCUT2D eigenvalue weighted by molar-refractivity contribution is 9.10. The number of carbonyl (C=O) groups excluding carboxylic acids is 1. The largest absolute Gasteiger partial charge is 0.329 e. The number of ketones is 1. The van der Waals surface area contributed by atoms with E-state index >= 15 is 0 Å². The van der Waals surface area contributed by atoms with Gasteiger partial charge in [0.15, 0.2) is 11.6 Å². The van der Waals surface area contributed by atoms with Gasteiger partial charge in [0, 0.05) is 12.0 Å². The Morgan fingerprint density at radius 3 is 2.50 bits per heavy atom. The van der Waals surface area contributed by atoms with E-state index in [1.165, 1.54) is 6.07 Å². The van der Waals surface area contributed by atoms with E-state index in [4.69, 9.17) is 5.73 Å². The molecule has 5 heteroatoms. The van der Waals surface area contributed by atoms with E-state index < -0.39 is 28.4 Å². The van der Waals surface area contributed by atoms with Gasteiger partial charge in [0.2, 0.25) is 0 Å². The summed E-state index contributed by atoms with van der Waals surface area (Å²) in [5, 5.41) is 0. The molecule has 16 heavy (non-hydrogen) atoms. The molecule has 1 aromatic rings. The summed E-state index contributed by atoms with van der Waals surface area (Å²) in [5.74, 6) is -2.38. The quantitative estimate of drug-likeness (QED) is 0.687. The van der Waals surface area contributed by atoms with E-state index in [0.29, 0.717) is 0 Å². The second-order valence-electron chi connectivity index (χ2n) is 4.14. The molecule has 1 aromatic carbocycles. The van der Waals surface area contributed by atoms with Gasteiger partial charge in [-0.15, -0.1) is 0 Å². The van der Waals surface area contributed by atoms with Crippen LogP contribution in [0.1, 0.15) is 24.2 Å². The zero-order chi connectivity index (χ0) is 12.5. The molecule has 0 aliphatic rings. The molecule has 0 unspecified atom stereocenters. The van der Waals surface area contributed by atoms with Crippen molar-refractivity contribution in [3.8, 4) is 0 Å². The lowest BCUT2D eigenvalue weighted by Crippen LogP contribution is -2.34. The van der Waals surface area contributed by atoms with E-state index in [0.717, 1.165) is 6.07 Å². The van der Waals surface area contributed by atoms with Gasteiger partial charge >= 0.3 is 0 Å². The molecule has 0 heterocycles. The summed E-state index contributed by atoms with van der Waals surface area (Å²) in [6.45, 7) is 3.13. The van der Waals surface area contributed by atoms with Crippen LogP contribution in [0.5, 0.6) is 0 Å². The fraction of sp³-hybridized carbons (Fsp3) is 0.364. The summed E-state index contributed by atoms with van der Waals surface area (Å²) in [4.78, 5) is 11.9. The van der Waals surface area contributed by atoms with Crippen molar-refractivity contribution in [1.29, 1.82) is 0 Å². The second-order valence-corrected chi connectivity index (χ2v) is 4.99. The topological polar surface area (TPSA) is 43.1 Å². The molecule has 0 spiro atoms. The first-order chi connectivity index (χ1) is 7.31. The predicted octanol–water partition coefficient (Wildman–Crippen LogP) is 2.89. The maximum atomic E-state index is 13.6. The summed E-state index contributed by atoms with van der Waals surface area (Å²) in [6, 6.07) is 2.27. The Balaban J connectivity index is 3.34. The number of benzene rings is 1. The molecule has 0 aliphatic carbocycles. The van der Waals surface area contributed by atoms with Crippen molar-refractivity contribution in [3.05, 3.63) is 33.8 Å². The number of nitrogens with two attached hydrogens (primary N) is 1. The molecule has 2 nitrogen and oxygen atoms in total. The summed E-state index contributed by atoms with van der Waals surface area (Å²) in [6.07, 6.45) is 0. The molecule has 0 saturated heterocycles. The van der Waals surface area contributed by atoms with Gasteiger partial charge in [0.25, 0.3) is 0 Å². The van der Waals surface area contributed by atoms with Gasteiger partial charge in [0.1, 0.15) is 5.82 Å². The third-order valence-corrected chi connectivity index (χ3v) is 3.01. The number of carbonyl (C=O) groups is 1. The number of Topliss-reactive ketones (excluding diaryl/α,β-unsaturated/α-hetero) is 1. The SMILES string of the molecule is CC(C)(CN)C(=O)c1c(F)ccc(Br)c1F. The van der Waals surface area contributed by atoms with Crippen LogP contribution in [-0.2, 0) is 0 Å². The maximum Gasteiger partial charge on any atom is 0.175 e. The highest BCUT2D eigenvalue weighted by Gasteiger charge is 2.32. The van der Waals surface area contributed by atoms with Crippen LogP contribution in [0, 0.1) is 17.0 Å². The van der Waals surface area contributed by atoms with Gasteiger partial charge in [-0.1, -0.05) is 13.8 Å². The van der Waals surface area contributed by atoms with Crippen LogP contribution in [-0.4, -0.2) is 12.3 Å². The van der Waals surface area contributed by atoms with E-state index in [1.807, 2.05) is 0 Å². The number of rotatable bonds is 3. The first kappa shape index (κ1) is 13.3. The fourth-order valence-corrected chi connectivity index (χ4v) is 1.50. The number of hydrogen-bond acceptors (Lipinski definition) is 2. The Kier molecular flexibility index (Phi) is 3.80. The molecule has 2 N–H and O–H groups in total. The van der Waals surface area contributed by atoms with Crippen LogP contribution in [0.3, 0.4) is 0 Å². The van der Waals surface area contributed by atoms with Crippen LogP contribution in [0.15, 0.2) is 16.6 Å². The average Bonchev–Trinajstić information content (AvgIpc) is 2.24. The fourth-order valence-electron chi connectivity index (χ4n) is 1.17. The Hall–Kier alpha value is -0.810. The third-order valence-electron chi connectivity index (χ3n) is 2.40. The van der Waals surface area contributed by atoms with Crippen LogP contribution >= 0.6 is 15.9 Å². The smallest absolute Gasteiger partial charge is 0.175 e. The molecular formula is C11H12BrF2NO. The van der Waals surface area contributed by atoms with Crippen LogP contribution < -0.4 is 5.73 Å². The molecule has 0 aliphatic heterocycles.